The molecule has 0 bridgehead atoms. The molecule has 0 spiro atoms. The van der Waals surface area contributed by atoms with E-state index in [0.29, 0.717) is 18.1 Å². The molecule has 1 saturated heterocycles. The van der Waals surface area contributed by atoms with Crippen molar-refractivity contribution in [2.75, 3.05) is 6.54 Å². The third kappa shape index (κ3) is 2.18. The van der Waals surface area contributed by atoms with Gasteiger partial charge in [-0.15, -0.1) is 0 Å². The van der Waals surface area contributed by atoms with E-state index in [4.69, 9.17) is 5.73 Å². The van der Waals surface area contributed by atoms with Gasteiger partial charge in [-0.1, -0.05) is 12.2 Å². The molecule has 1 fully saturated rings. The van der Waals surface area contributed by atoms with Gasteiger partial charge in [-0.25, -0.2) is 0 Å². The topological polar surface area (TPSA) is 29.3 Å². The highest BCUT2D eigenvalue weighted by atomic mass is 15.2. The highest BCUT2D eigenvalue weighted by Gasteiger charge is 2.27. The molecule has 2 N–H and O–H groups in total. The van der Waals surface area contributed by atoms with Gasteiger partial charge in [0.1, 0.15) is 0 Å². The van der Waals surface area contributed by atoms with Gasteiger partial charge in [0.25, 0.3) is 0 Å². The first kappa shape index (κ1) is 10.2. The van der Waals surface area contributed by atoms with E-state index < -0.39 is 0 Å². The average Bonchev–Trinajstić information content (AvgIpc) is 2.19. The number of nitrogens with zero attached hydrogens (tertiary/aromatic N) is 1. The number of piperidine rings is 1. The zero-order valence-electron chi connectivity index (χ0n) is 9.15. The normalized spacial score (nSPS) is 40.0. The van der Waals surface area contributed by atoms with Gasteiger partial charge in [-0.2, -0.15) is 0 Å². The molecular weight excluding hydrogens is 172 g/mol. The highest BCUT2D eigenvalue weighted by Crippen LogP contribution is 2.24. The number of hydrogen-bond acceptors (Lipinski definition) is 2. The lowest BCUT2D eigenvalue weighted by molar-refractivity contribution is 0.110. The van der Waals surface area contributed by atoms with Crippen LogP contribution in [0, 0.1) is 0 Å². The molecule has 3 atom stereocenters. The quantitative estimate of drug-likeness (QED) is 0.646. The van der Waals surface area contributed by atoms with E-state index in [1.54, 1.807) is 0 Å². The fraction of sp³-hybridized carbons (Fsp3) is 0.833. The SMILES string of the molecule is CC1CC(N)CCN1C1C=CCCC1. The van der Waals surface area contributed by atoms with E-state index in [1.165, 1.54) is 38.6 Å². The van der Waals surface area contributed by atoms with Crippen molar-refractivity contribution in [1.29, 1.82) is 0 Å². The van der Waals surface area contributed by atoms with Crippen LogP contribution in [0.2, 0.25) is 0 Å². The van der Waals surface area contributed by atoms with E-state index in [2.05, 4.69) is 24.0 Å². The van der Waals surface area contributed by atoms with E-state index in [1.807, 2.05) is 0 Å². The summed E-state index contributed by atoms with van der Waals surface area (Å²) in [5.74, 6) is 0. The Morgan fingerprint density at radius 3 is 2.86 bits per heavy atom. The molecule has 2 rings (SSSR count). The molecule has 0 radical (unpaired) electrons. The largest absolute Gasteiger partial charge is 0.328 e. The van der Waals surface area contributed by atoms with Crippen LogP contribution >= 0.6 is 0 Å². The first-order chi connectivity index (χ1) is 6.77. The minimum atomic E-state index is 0.439. The summed E-state index contributed by atoms with van der Waals surface area (Å²) in [6.07, 6.45) is 11.1. The minimum absolute atomic E-state index is 0.439. The maximum absolute atomic E-state index is 5.97. The monoisotopic (exact) mass is 194 g/mol. The molecule has 1 aliphatic carbocycles. The van der Waals surface area contributed by atoms with Gasteiger partial charge >= 0.3 is 0 Å². The van der Waals surface area contributed by atoms with Crippen molar-refractivity contribution in [3.05, 3.63) is 12.2 Å². The summed E-state index contributed by atoms with van der Waals surface area (Å²) in [5, 5.41) is 0. The van der Waals surface area contributed by atoms with Crippen LogP contribution in [0.3, 0.4) is 0 Å². The van der Waals surface area contributed by atoms with Crippen molar-refractivity contribution in [3.63, 3.8) is 0 Å². The van der Waals surface area contributed by atoms with Crippen molar-refractivity contribution < 1.29 is 0 Å². The van der Waals surface area contributed by atoms with Crippen LogP contribution in [0.25, 0.3) is 0 Å². The summed E-state index contributed by atoms with van der Waals surface area (Å²) in [5.41, 5.74) is 5.97. The van der Waals surface area contributed by atoms with Gasteiger partial charge in [-0.05, 0) is 39.0 Å². The Morgan fingerprint density at radius 1 is 1.36 bits per heavy atom. The Kier molecular flexibility index (Phi) is 3.24. The predicted molar refractivity (Wildman–Crippen MR) is 60.2 cm³/mol. The zero-order chi connectivity index (χ0) is 9.97. The van der Waals surface area contributed by atoms with Crippen molar-refractivity contribution in [2.24, 2.45) is 5.73 Å². The number of hydrogen-bond donors (Lipinski definition) is 1. The fourth-order valence-electron chi connectivity index (χ4n) is 2.79. The molecule has 0 aromatic heterocycles. The zero-order valence-corrected chi connectivity index (χ0v) is 9.15. The summed E-state index contributed by atoms with van der Waals surface area (Å²) in [7, 11) is 0. The maximum atomic E-state index is 5.97. The van der Waals surface area contributed by atoms with Gasteiger partial charge in [0.15, 0.2) is 0 Å². The van der Waals surface area contributed by atoms with Gasteiger partial charge in [0, 0.05) is 24.7 Å². The summed E-state index contributed by atoms with van der Waals surface area (Å²) < 4.78 is 0. The van der Waals surface area contributed by atoms with Gasteiger partial charge in [-0.3, -0.25) is 4.90 Å². The molecule has 2 aliphatic rings. The average molecular weight is 194 g/mol. The molecule has 0 saturated carbocycles. The first-order valence-corrected chi connectivity index (χ1v) is 5.95. The van der Waals surface area contributed by atoms with Crippen LogP contribution in [-0.4, -0.2) is 29.6 Å². The maximum Gasteiger partial charge on any atom is 0.0281 e. The third-order valence-electron chi connectivity index (χ3n) is 3.62. The molecule has 80 valence electrons. The standard InChI is InChI=1S/C12H22N2/c1-10-9-11(13)7-8-14(10)12-5-3-2-4-6-12/h3,5,10-12H,2,4,6-9,13H2,1H3. The molecule has 0 aromatic carbocycles. The number of rotatable bonds is 1. The van der Waals surface area contributed by atoms with E-state index in [9.17, 15) is 0 Å². The lowest BCUT2D eigenvalue weighted by Crippen LogP contribution is -2.49. The summed E-state index contributed by atoms with van der Waals surface area (Å²) in [6.45, 7) is 3.51. The Hall–Kier alpha value is -0.340. The van der Waals surface area contributed by atoms with Crippen LogP contribution in [0.1, 0.15) is 39.0 Å². The van der Waals surface area contributed by atoms with Crippen molar-refractivity contribution >= 4 is 0 Å². The van der Waals surface area contributed by atoms with Crippen LogP contribution in [0.15, 0.2) is 12.2 Å². The molecule has 1 heterocycles. The Morgan fingerprint density at radius 2 is 2.21 bits per heavy atom. The Labute approximate surface area is 87.2 Å². The van der Waals surface area contributed by atoms with Crippen LogP contribution in [0.4, 0.5) is 0 Å². The number of allylic oxidation sites excluding steroid dienone is 1. The second-order valence-corrected chi connectivity index (χ2v) is 4.80. The molecule has 2 heteroatoms. The molecule has 14 heavy (non-hydrogen) atoms. The van der Waals surface area contributed by atoms with E-state index >= 15 is 0 Å². The Bertz CT molecular complexity index is 212. The smallest absolute Gasteiger partial charge is 0.0281 e. The van der Waals surface area contributed by atoms with Gasteiger partial charge < -0.3 is 5.73 Å². The van der Waals surface area contributed by atoms with E-state index in [-0.39, 0.29) is 0 Å². The van der Waals surface area contributed by atoms with Crippen molar-refractivity contribution in [1.82, 2.24) is 4.90 Å². The molecule has 2 nitrogen and oxygen atoms in total. The van der Waals surface area contributed by atoms with E-state index in [0.717, 1.165) is 0 Å². The van der Waals surface area contributed by atoms with Gasteiger partial charge in [0.05, 0.1) is 0 Å². The second-order valence-electron chi connectivity index (χ2n) is 4.80. The Balaban J connectivity index is 1.96. The summed E-state index contributed by atoms with van der Waals surface area (Å²) in [6, 6.07) is 1.81. The predicted octanol–water partition coefficient (Wildman–Crippen LogP) is 1.91. The van der Waals surface area contributed by atoms with Crippen LogP contribution in [-0.2, 0) is 0 Å². The van der Waals surface area contributed by atoms with Crippen molar-refractivity contribution in [2.45, 2.75) is 57.2 Å². The molecule has 0 amide bonds. The molecular formula is C12H22N2. The first-order valence-electron chi connectivity index (χ1n) is 5.95. The van der Waals surface area contributed by atoms with Crippen LogP contribution < -0.4 is 5.73 Å². The van der Waals surface area contributed by atoms with Crippen LogP contribution in [0.5, 0.6) is 0 Å². The van der Waals surface area contributed by atoms with Crippen molar-refractivity contribution in [3.8, 4) is 0 Å². The third-order valence-corrected chi connectivity index (χ3v) is 3.62. The lowest BCUT2D eigenvalue weighted by atomic mass is 9.93. The molecule has 3 unspecified atom stereocenters. The summed E-state index contributed by atoms with van der Waals surface area (Å²) >= 11 is 0. The second kappa shape index (κ2) is 4.45. The lowest BCUT2D eigenvalue weighted by Gasteiger charge is -2.41. The number of nitrogens with two attached hydrogens (primary N) is 1. The molecule has 0 aromatic rings. The fourth-order valence-corrected chi connectivity index (χ4v) is 2.79. The van der Waals surface area contributed by atoms with Gasteiger partial charge in [0.2, 0.25) is 0 Å². The number of likely N-dealkylation sites (tertiary alicyclic amines) is 1. The molecule has 1 aliphatic heterocycles. The summed E-state index contributed by atoms with van der Waals surface area (Å²) in [4.78, 5) is 2.64. The highest BCUT2D eigenvalue weighted by molar-refractivity contribution is 5.01. The minimum Gasteiger partial charge on any atom is -0.328 e.